The third-order valence-electron chi connectivity index (χ3n) is 3.58. The van der Waals surface area contributed by atoms with E-state index in [4.69, 9.17) is 28.9 Å². The summed E-state index contributed by atoms with van der Waals surface area (Å²) >= 11 is 11.9. The van der Waals surface area contributed by atoms with Gasteiger partial charge in [0, 0.05) is 26.2 Å². The first-order chi connectivity index (χ1) is 9.87. The van der Waals surface area contributed by atoms with Crippen LogP contribution in [0.2, 0.25) is 10.0 Å². The van der Waals surface area contributed by atoms with Crippen molar-refractivity contribution in [2.24, 2.45) is 0 Å². The van der Waals surface area contributed by atoms with Gasteiger partial charge in [-0.1, -0.05) is 30.1 Å². The Balaban J connectivity index is 2.22. The number of hydrogen-bond donors (Lipinski definition) is 1. The Morgan fingerprint density at radius 2 is 1.81 bits per heavy atom. The number of rotatable bonds is 4. The van der Waals surface area contributed by atoms with Crippen LogP contribution in [0.5, 0.6) is 0 Å². The van der Waals surface area contributed by atoms with E-state index in [9.17, 15) is 8.42 Å². The summed E-state index contributed by atoms with van der Waals surface area (Å²) in [6.07, 6.45) is 1.06. The summed E-state index contributed by atoms with van der Waals surface area (Å²) in [5.41, 5.74) is 5.82. The van der Waals surface area contributed by atoms with Crippen molar-refractivity contribution in [3.63, 3.8) is 0 Å². The van der Waals surface area contributed by atoms with Crippen LogP contribution in [0.15, 0.2) is 17.0 Å². The van der Waals surface area contributed by atoms with E-state index in [-0.39, 0.29) is 20.6 Å². The Hall–Kier alpha value is -0.530. The fraction of sp³-hybridized carbons (Fsp3) is 0.538. The minimum atomic E-state index is -3.63. The molecule has 0 bridgehead atoms. The molecule has 5 nitrogen and oxygen atoms in total. The molecule has 8 heteroatoms. The molecule has 1 aromatic carbocycles. The smallest absolute Gasteiger partial charge is 0.244 e. The third-order valence-corrected chi connectivity index (χ3v) is 6.37. The average Bonchev–Trinajstić information content (AvgIpc) is 2.45. The minimum Gasteiger partial charge on any atom is -0.396 e. The van der Waals surface area contributed by atoms with Gasteiger partial charge < -0.3 is 10.6 Å². The summed E-state index contributed by atoms with van der Waals surface area (Å²) in [5, 5.41) is 0.255. The van der Waals surface area contributed by atoms with E-state index in [1.165, 1.54) is 16.4 Å². The van der Waals surface area contributed by atoms with Gasteiger partial charge in [0.15, 0.2) is 0 Å². The highest BCUT2D eigenvalue weighted by Gasteiger charge is 2.30. The van der Waals surface area contributed by atoms with Crippen molar-refractivity contribution < 1.29 is 8.42 Å². The van der Waals surface area contributed by atoms with Gasteiger partial charge in [-0.15, -0.1) is 0 Å². The van der Waals surface area contributed by atoms with Crippen molar-refractivity contribution in [3.05, 3.63) is 22.2 Å². The summed E-state index contributed by atoms with van der Waals surface area (Å²) in [4.78, 5) is 2.28. The maximum atomic E-state index is 12.7. The Morgan fingerprint density at radius 3 is 2.38 bits per heavy atom. The van der Waals surface area contributed by atoms with Crippen LogP contribution >= 0.6 is 23.2 Å². The summed E-state index contributed by atoms with van der Waals surface area (Å²) < 4.78 is 26.8. The molecule has 118 valence electrons. The molecular formula is C13H19Cl2N3O2S. The fourth-order valence-electron chi connectivity index (χ4n) is 2.40. The number of halogens is 2. The predicted molar refractivity (Wildman–Crippen MR) is 86.4 cm³/mol. The molecule has 0 atom stereocenters. The Kier molecular flexibility index (Phi) is 5.38. The number of piperazine rings is 1. The van der Waals surface area contributed by atoms with Crippen LogP contribution < -0.4 is 5.73 Å². The van der Waals surface area contributed by atoms with Gasteiger partial charge in [-0.2, -0.15) is 4.31 Å². The summed E-state index contributed by atoms with van der Waals surface area (Å²) in [6.45, 7) is 5.48. The van der Waals surface area contributed by atoms with Gasteiger partial charge in [-0.3, -0.25) is 0 Å². The van der Waals surface area contributed by atoms with Crippen LogP contribution in [0.1, 0.15) is 13.3 Å². The number of nitrogens with two attached hydrogens (primary N) is 1. The van der Waals surface area contributed by atoms with Crippen molar-refractivity contribution in [3.8, 4) is 0 Å². The van der Waals surface area contributed by atoms with Crippen LogP contribution in [0, 0.1) is 0 Å². The lowest BCUT2D eigenvalue weighted by atomic mass is 10.3. The second-order valence-corrected chi connectivity index (χ2v) is 7.71. The minimum absolute atomic E-state index is 0.00140. The molecule has 0 saturated carbocycles. The van der Waals surface area contributed by atoms with Gasteiger partial charge in [-0.05, 0) is 25.1 Å². The largest absolute Gasteiger partial charge is 0.396 e. The number of nitrogen functional groups attached to an aromatic ring is 1. The molecule has 1 fully saturated rings. The molecule has 1 aliphatic rings. The van der Waals surface area contributed by atoms with Gasteiger partial charge in [0.2, 0.25) is 10.0 Å². The van der Waals surface area contributed by atoms with E-state index in [1.54, 1.807) is 0 Å². The molecule has 0 unspecified atom stereocenters. The predicted octanol–water partition coefficient (Wildman–Crippen LogP) is 2.29. The standard InChI is InChI=1S/C13H19Cl2N3O2S/c1-2-5-17-6-8-18(9-7-17)21(19,20)11-4-3-10(14)13(16)12(11)15/h3-4H,2,5-9,16H2,1H3. The van der Waals surface area contributed by atoms with Crippen molar-refractivity contribution in [1.29, 1.82) is 0 Å². The molecule has 1 aromatic rings. The Morgan fingerprint density at radius 1 is 1.19 bits per heavy atom. The molecule has 2 N–H and O–H groups in total. The van der Waals surface area contributed by atoms with Crippen molar-refractivity contribution >= 4 is 38.9 Å². The molecule has 1 heterocycles. The fourth-order valence-corrected chi connectivity index (χ4v) is 4.56. The van der Waals surface area contributed by atoms with Crippen LogP contribution in [0.4, 0.5) is 5.69 Å². The van der Waals surface area contributed by atoms with Gasteiger partial charge in [0.25, 0.3) is 0 Å². The zero-order valence-electron chi connectivity index (χ0n) is 11.8. The van der Waals surface area contributed by atoms with E-state index in [0.717, 1.165) is 26.1 Å². The van der Waals surface area contributed by atoms with Gasteiger partial charge in [0.1, 0.15) is 4.90 Å². The first-order valence-electron chi connectivity index (χ1n) is 6.84. The van der Waals surface area contributed by atoms with E-state index in [2.05, 4.69) is 11.8 Å². The highest BCUT2D eigenvalue weighted by molar-refractivity contribution is 7.89. The maximum Gasteiger partial charge on any atom is 0.244 e. The van der Waals surface area contributed by atoms with Gasteiger partial charge in [0.05, 0.1) is 15.7 Å². The first-order valence-corrected chi connectivity index (χ1v) is 9.03. The van der Waals surface area contributed by atoms with Crippen LogP contribution in [0.3, 0.4) is 0 Å². The maximum absolute atomic E-state index is 12.7. The Bertz CT molecular complexity index is 614. The van der Waals surface area contributed by atoms with E-state index in [0.29, 0.717) is 13.1 Å². The van der Waals surface area contributed by atoms with Crippen LogP contribution in [0.25, 0.3) is 0 Å². The van der Waals surface area contributed by atoms with Crippen molar-refractivity contribution in [2.75, 3.05) is 38.5 Å². The number of hydrogen-bond acceptors (Lipinski definition) is 4. The lowest BCUT2D eigenvalue weighted by Crippen LogP contribution is -2.48. The molecule has 2 rings (SSSR count). The second-order valence-electron chi connectivity index (χ2n) is 5.02. The van der Waals surface area contributed by atoms with Crippen LogP contribution in [-0.2, 0) is 10.0 Å². The van der Waals surface area contributed by atoms with E-state index in [1.807, 2.05) is 0 Å². The highest BCUT2D eigenvalue weighted by atomic mass is 35.5. The molecule has 0 radical (unpaired) electrons. The number of sulfonamides is 1. The second kappa shape index (κ2) is 6.71. The third kappa shape index (κ3) is 3.46. The van der Waals surface area contributed by atoms with E-state index < -0.39 is 10.0 Å². The quantitative estimate of drug-likeness (QED) is 0.845. The normalized spacial score (nSPS) is 18.0. The molecule has 0 amide bonds. The Labute approximate surface area is 135 Å². The molecule has 21 heavy (non-hydrogen) atoms. The molecule has 1 saturated heterocycles. The summed E-state index contributed by atoms with van der Waals surface area (Å²) in [5.74, 6) is 0. The van der Waals surface area contributed by atoms with Gasteiger partial charge in [-0.25, -0.2) is 8.42 Å². The van der Waals surface area contributed by atoms with E-state index >= 15 is 0 Å². The topological polar surface area (TPSA) is 66.6 Å². The lowest BCUT2D eigenvalue weighted by molar-refractivity contribution is 0.188. The van der Waals surface area contributed by atoms with Gasteiger partial charge >= 0.3 is 0 Å². The molecule has 0 spiro atoms. The molecule has 0 aliphatic carbocycles. The average molecular weight is 352 g/mol. The number of anilines is 1. The van der Waals surface area contributed by atoms with Crippen molar-refractivity contribution in [1.82, 2.24) is 9.21 Å². The molecule has 0 aromatic heterocycles. The summed E-state index contributed by atoms with van der Waals surface area (Å²) in [7, 11) is -3.63. The van der Waals surface area contributed by atoms with Crippen LogP contribution in [-0.4, -0.2) is 50.3 Å². The molecule has 1 aliphatic heterocycles. The lowest BCUT2D eigenvalue weighted by Gasteiger charge is -2.33. The SMILES string of the molecule is CCCN1CCN(S(=O)(=O)c2ccc(Cl)c(N)c2Cl)CC1. The zero-order chi connectivity index (χ0) is 15.6. The first kappa shape index (κ1) is 16.8. The number of nitrogens with zero attached hydrogens (tertiary/aromatic N) is 2. The highest BCUT2D eigenvalue weighted by Crippen LogP contribution is 2.34. The van der Waals surface area contributed by atoms with Crippen molar-refractivity contribution in [2.45, 2.75) is 18.2 Å². The zero-order valence-corrected chi connectivity index (χ0v) is 14.2. The monoisotopic (exact) mass is 351 g/mol. The number of benzene rings is 1. The summed E-state index contributed by atoms with van der Waals surface area (Å²) in [6, 6.07) is 2.87. The molecular weight excluding hydrogens is 333 g/mol.